The van der Waals surface area contributed by atoms with Gasteiger partial charge in [-0.15, -0.1) is 0 Å². The van der Waals surface area contributed by atoms with Crippen LogP contribution in [0.3, 0.4) is 0 Å². The lowest BCUT2D eigenvalue weighted by atomic mass is 10.2. The van der Waals surface area contributed by atoms with Crippen LogP contribution in [-0.4, -0.2) is 51.9 Å². The molecule has 1 fully saturated rings. The molecule has 0 spiro atoms. The first kappa shape index (κ1) is 14.0. The molecule has 1 saturated heterocycles. The molecule has 0 amide bonds. The molecular weight excluding hydrogens is 270 g/mol. The van der Waals surface area contributed by atoms with E-state index in [-0.39, 0.29) is 12.1 Å². The first-order valence-corrected chi connectivity index (χ1v) is 6.91. The fourth-order valence-electron chi connectivity index (χ4n) is 2.73. The Balaban J connectivity index is 1.74. The topological polar surface area (TPSA) is 76.2 Å². The van der Waals surface area contributed by atoms with E-state index in [9.17, 15) is 0 Å². The molecular formula is C14H19N5O2. The van der Waals surface area contributed by atoms with Gasteiger partial charge in [0.2, 0.25) is 5.88 Å². The van der Waals surface area contributed by atoms with E-state index in [2.05, 4.69) is 25.1 Å². The molecule has 112 valence electrons. The van der Waals surface area contributed by atoms with Crippen molar-refractivity contribution in [1.82, 2.24) is 25.1 Å². The summed E-state index contributed by atoms with van der Waals surface area (Å²) in [7, 11) is 3.37. The van der Waals surface area contributed by atoms with Gasteiger partial charge in [0.1, 0.15) is 12.2 Å². The maximum atomic E-state index is 5.50. The van der Waals surface area contributed by atoms with Crippen molar-refractivity contribution in [2.75, 3.05) is 20.8 Å². The second-order valence-corrected chi connectivity index (χ2v) is 5.12. The van der Waals surface area contributed by atoms with Crippen molar-refractivity contribution in [1.29, 1.82) is 0 Å². The molecule has 2 aromatic heterocycles. The standard InChI is InChI=1S/C14H19N5O2/c1-20-11-5-12(14-16-9-17-18-14)19(8-11)7-10-3-4-13(21-2)15-6-10/h3-4,6,9,11-12H,5,7-8H2,1-2H3,(H,16,17,18)/t11-,12+/m1/s1. The summed E-state index contributed by atoms with van der Waals surface area (Å²) in [5, 5.41) is 6.91. The number of pyridine rings is 1. The van der Waals surface area contributed by atoms with Gasteiger partial charge in [-0.2, -0.15) is 5.10 Å². The average Bonchev–Trinajstić information content (AvgIpc) is 3.17. The van der Waals surface area contributed by atoms with E-state index < -0.39 is 0 Å². The third-order valence-corrected chi connectivity index (χ3v) is 3.84. The van der Waals surface area contributed by atoms with Crippen LogP contribution >= 0.6 is 0 Å². The smallest absolute Gasteiger partial charge is 0.212 e. The van der Waals surface area contributed by atoms with E-state index >= 15 is 0 Å². The highest BCUT2D eigenvalue weighted by molar-refractivity contribution is 5.18. The van der Waals surface area contributed by atoms with Crippen LogP contribution in [0.4, 0.5) is 0 Å². The molecule has 0 bridgehead atoms. The van der Waals surface area contributed by atoms with Crippen molar-refractivity contribution in [3.8, 4) is 5.88 Å². The van der Waals surface area contributed by atoms with E-state index in [1.54, 1.807) is 20.5 Å². The second kappa shape index (κ2) is 6.19. The van der Waals surface area contributed by atoms with Gasteiger partial charge in [-0.1, -0.05) is 6.07 Å². The lowest BCUT2D eigenvalue weighted by Gasteiger charge is -2.22. The molecule has 0 saturated carbocycles. The van der Waals surface area contributed by atoms with E-state index in [0.717, 1.165) is 30.9 Å². The molecule has 2 aromatic rings. The van der Waals surface area contributed by atoms with Crippen molar-refractivity contribution in [2.45, 2.75) is 25.1 Å². The zero-order valence-electron chi connectivity index (χ0n) is 12.2. The molecule has 0 aromatic carbocycles. The molecule has 3 rings (SSSR count). The SMILES string of the molecule is COc1ccc(CN2C[C@H](OC)C[C@H]2c2ncn[nH]2)cn1. The summed E-state index contributed by atoms with van der Waals surface area (Å²) >= 11 is 0. The number of ether oxygens (including phenoxy) is 2. The fraction of sp³-hybridized carbons (Fsp3) is 0.500. The third-order valence-electron chi connectivity index (χ3n) is 3.84. The maximum Gasteiger partial charge on any atom is 0.212 e. The summed E-state index contributed by atoms with van der Waals surface area (Å²) in [4.78, 5) is 10.9. The van der Waals surface area contributed by atoms with Gasteiger partial charge in [0.05, 0.1) is 19.3 Å². The number of H-pyrrole nitrogens is 1. The summed E-state index contributed by atoms with van der Waals surface area (Å²) in [5.74, 6) is 1.51. The minimum Gasteiger partial charge on any atom is -0.481 e. The van der Waals surface area contributed by atoms with Crippen molar-refractivity contribution in [2.24, 2.45) is 0 Å². The number of aromatic nitrogens is 4. The molecule has 1 aliphatic heterocycles. The lowest BCUT2D eigenvalue weighted by Crippen LogP contribution is -2.25. The minimum atomic E-state index is 0.194. The summed E-state index contributed by atoms with van der Waals surface area (Å²) in [6.45, 7) is 1.66. The van der Waals surface area contributed by atoms with Gasteiger partial charge < -0.3 is 9.47 Å². The summed E-state index contributed by atoms with van der Waals surface area (Å²) < 4.78 is 10.6. The number of nitrogens with one attached hydrogen (secondary N) is 1. The van der Waals surface area contributed by atoms with Crippen LogP contribution in [0.5, 0.6) is 5.88 Å². The molecule has 1 N–H and O–H groups in total. The molecule has 7 heteroatoms. The van der Waals surface area contributed by atoms with Gasteiger partial charge in [0, 0.05) is 32.5 Å². The van der Waals surface area contributed by atoms with Crippen LogP contribution in [0.2, 0.25) is 0 Å². The van der Waals surface area contributed by atoms with E-state index in [0.29, 0.717) is 5.88 Å². The highest BCUT2D eigenvalue weighted by Gasteiger charge is 2.34. The minimum absolute atomic E-state index is 0.194. The van der Waals surface area contributed by atoms with Crippen molar-refractivity contribution in [3.63, 3.8) is 0 Å². The lowest BCUT2D eigenvalue weighted by molar-refractivity contribution is 0.107. The number of likely N-dealkylation sites (tertiary alicyclic amines) is 1. The summed E-state index contributed by atoms with van der Waals surface area (Å²) in [6, 6.07) is 4.10. The number of hydrogen-bond acceptors (Lipinski definition) is 6. The normalized spacial score (nSPS) is 22.6. The molecule has 7 nitrogen and oxygen atoms in total. The molecule has 0 unspecified atom stereocenters. The quantitative estimate of drug-likeness (QED) is 0.890. The van der Waals surface area contributed by atoms with E-state index in [1.807, 2.05) is 18.3 Å². The molecule has 1 aliphatic rings. The van der Waals surface area contributed by atoms with Crippen LogP contribution in [0.25, 0.3) is 0 Å². The van der Waals surface area contributed by atoms with Gasteiger partial charge >= 0.3 is 0 Å². The highest BCUT2D eigenvalue weighted by atomic mass is 16.5. The summed E-state index contributed by atoms with van der Waals surface area (Å²) in [6.07, 6.45) is 4.51. The van der Waals surface area contributed by atoms with Gasteiger partial charge in [0.25, 0.3) is 0 Å². The van der Waals surface area contributed by atoms with Gasteiger partial charge in [-0.05, 0) is 12.0 Å². The van der Waals surface area contributed by atoms with Gasteiger partial charge in [-0.25, -0.2) is 9.97 Å². The zero-order chi connectivity index (χ0) is 14.7. The summed E-state index contributed by atoms with van der Waals surface area (Å²) in [5.41, 5.74) is 1.14. The van der Waals surface area contributed by atoms with Crippen molar-refractivity contribution < 1.29 is 9.47 Å². The Hall–Kier alpha value is -1.99. The van der Waals surface area contributed by atoms with E-state index in [1.165, 1.54) is 0 Å². The molecule has 3 heterocycles. The molecule has 0 radical (unpaired) electrons. The van der Waals surface area contributed by atoms with E-state index in [4.69, 9.17) is 9.47 Å². The van der Waals surface area contributed by atoms with Gasteiger partial charge in [0.15, 0.2) is 0 Å². The number of aromatic amines is 1. The molecule has 21 heavy (non-hydrogen) atoms. The Labute approximate surface area is 123 Å². The average molecular weight is 289 g/mol. The Morgan fingerprint density at radius 2 is 2.24 bits per heavy atom. The zero-order valence-corrected chi connectivity index (χ0v) is 12.2. The van der Waals surface area contributed by atoms with Crippen LogP contribution in [0, 0.1) is 0 Å². The number of methoxy groups -OCH3 is 2. The van der Waals surface area contributed by atoms with Crippen LogP contribution < -0.4 is 4.74 Å². The molecule has 0 aliphatic carbocycles. The molecule has 2 atom stereocenters. The number of rotatable bonds is 5. The first-order valence-electron chi connectivity index (χ1n) is 6.91. The largest absolute Gasteiger partial charge is 0.481 e. The number of nitrogens with zero attached hydrogens (tertiary/aromatic N) is 4. The van der Waals surface area contributed by atoms with Gasteiger partial charge in [-0.3, -0.25) is 10.00 Å². The van der Waals surface area contributed by atoms with Crippen molar-refractivity contribution in [3.05, 3.63) is 36.0 Å². The first-order chi connectivity index (χ1) is 10.3. The highest BCUT2D eigenvalue weighted by Crippen LogP contribution is 2.32. The van der Waals surface area contributed by atoms with Crippen LogP contribution in [-0.2, 0) is 11.3 Å². The van der Waals surface area contributed by atoms with Crippen LogP contribution in [0.1, 0.15) is 23.9 Å². The predicted molar refractivity (Wildman–Crippen MR) is 75.7 cm³/mol. The Morgan fingerprint density at radius 1 is 1.33 bits per heavy atom. The Morgan fingerprint density at radius 3 is 2.86 bits per heavy atom. The number of hydrogen-bond donors (Lipinski definition) is 1. The second-order valence-electron chi connectivity index (χ2n) is 5.12. The van der Waals surface area contributed by atoms with Crippen LogP contribution in [0.15, 0.2) is 24.7 Å². The maximum absolute atomic E-state index is 5.50. The third kappa shape index (κ3) is 3.03. The van der Waals surface area contributed by atoms with Crippen molar-refractivity contribution >= 4 is 0 Å². The monoisotopic (exact) mass is 289 g/mol. The predicted octanol–water partition coefficient (Wildman–Crippen LogP) is 1.17. The Bertz CT molecular complexity index is 557. The fourth-order valence-corrected chi connectivity index (χ4v) is 2.73. The Kier molecular flexibility index (Phi) is 4.12.